The molecule has 11 aromatic rings. The van der Waals surface area contributed by atoms with Crippen molar-refractivity contribution in [3.8, 4) is 34.2 Å². The lowest BCUT2D eigenvalue weighted by atomic mass is 10.0. The van der Waals surface area contributed by atoms with E-state index in [1.165, 1.54) is 10.1 Å². The van der Waals surface area contributed by atoms with Crippen LogP contribution in [0, 0.1) is 5.41 Å². The highest BCUT2D eigenvalue weighted by Gasteiger charge is 2.19. The summed E-state index contributed by atoms with van der Waals surface area (Å²) in [5.74, 6) is 1.94. The zero-order chi connectivity index (χ0) is 37.9. The van der Waals surface area contributed by atoms with Gasteiger partial charge in [-0.3, -0.25) is 5.41 Å². The van der Waals surface area contributed by atoms with Gasteiger partial charge in [0, 0.05) is 63.5 Å². The van der Waals surface area contributed by atoms with Crippen molar-refractivity contribution in [3.63, 3.8) is 0 Å². The first-order valence-electron chi connectivity index (χ1n) is 18.5. The van der Waals surface area contributed by atoms with E-state index in [2.05, 4.69) is 78.9 Å². The number of aliphatic imine (C=N–C) groups is 1. The number of rotatable bonds is 6. The first-order chi connectivity index (χ1) is 28.1. The predicted octanol–water partition coefficient (Wildman–Crippen LogP) is 13.2. The molecule has 4 heterocycles. The summed E-state index contributed by atoms with van der Waals surface area (Å²) in [7, 11) is 0. The van der Waals surface area contributed by atoms with Crippen molar-refractivity contribution >= 4 is 86.4 Å². The van der Waals surface area contributed by atoms with Crippen LogP contribution in [0.25, 0.3) is 86.4 Å². The Morgan fingerprint density at radius 3 is 1.95 bits per heavy atom. The Morgan fingerprint density at radius 2 is 1.14 bits per heavy atom. The number of aromatic nitrogens is 3. The molecule has 0 amide bonds. The number of para-hydroxylation sites is 1. The summed E-state index contributed by atoms with van der Waals surface area (Å²) in [6, 6.07) is 57.4. The van der Waals surface area contributed by atoms with Crippen molar-refractivity contribution < 1.29 is 4.42 Å². The van der Waals surface area contributed by atoms with Crippen molar-refractivity contribution in [2.45, 2.75) is 0 Å². The third kappa shape index (κ3) is 5.90. The zero-order valence-corrected chi connectivity index (χ0v) is 31.8. The highest BCUT2D eigenvalue weighted by molar-refractivity contribution is 7.26. The summed E-state index contributed by atoms with van der Waals surface area (Å²) in [6.07, 6.45) is 0. The van der Waals surface area contributed by atoms with Gasteiger partial charge in [-0.05, 0) is 66.0 Å². The summed E-state index contributed by atoms with van der Waals surface area (Å²) in [4.78, 5) is 21.3. The number of nitrogens with zero attached hydrogens (tertiary/aromatic N) is 4. The van der Waals surface area contributed by atoms with Gasteiger partial charge < -0.3 is 4.42 Å². The van der Waals surface area contributed by atoms with Crippen LogP contribution in [-0.4, -0.2) is 26.5 Å². The third-order valence-corrected chi connectivity index (χ3v) is 12.5. The molecule has 7 aromatic carbocycles. The topological polar surface area (TPSA) is 88.0 Å². The number of nitrogens with one attached hydrogen (secondary N) is 1. The number of fused-ring (bicyclic) bond motifs is 7. The van der Waals surface area contributed by atoms with Crippen LogP contribution in [0.1, 0.15) is 16.0 Å². The summed E-state index contributed by atoms with van der Waals surface area (Å²) < 4.78 is 9.52. The summed E-state index contributed by atoms with van der Waals surface area (Å²) >= 11 is 3.41. The van der Waals surface area contributed by atoms with E-state index < -0.39 is 0 Å². The van der Waals surface area contributed by atoms with Crippen LogP contribution in [0.15, 0.2) is 179 Å². The van der Waals surface area contributed by atoms with Gasteiger partial charge >= 0.3 is 0 Å². The van der Waals surface area contributed by atoms with Crippen molar-refractivity contribution in [3.05, 3.63) is 186 Å². The minimum Gasteiger partial charge on any atom is -0.456 e. The Labute approximate surface area is 334 Å². The maximum atomic E-state index is 9.53. The second kappa shape index (κ2) is 13.6. The number of furan rings is 1. The molecule has 0 bridgehead atoms. The van der Waals surface area contributed by atoms with Crippen molar-refractivity contribution in [1.29, 1.82) is 5.41 Å². The fourth-order valence-electron chi connectivity index (χ4n) is 7.51. The molecule has 0 aliphatic carbocycles. The Balaban J connectivity index is 1.06. The minimum absolute atomic E-state index is 0.206. The molecular formula is C49H29N5OS2. The SMILES string of the molecule is N=C(N=C(c1ccccc1)c1cc2ccccc2s1)c1cccc2sc3ccc(-c4nc(-c5ccccc5)nc(-c5ccc6oc7ccccc7c6c5)n4)cc3c12. The van der Waals surface area contributed by atoms with Gasteiger partial charge in [0.2, 0.25) is 0 Å². The molecule has 8 heteroatoms. The molecule has 4 aromatic heterocycles. The second-order valence-corrected chi connectivity index (χ2v) is 16.0. The van der Waals surface area contributed by atoms with Gasteiger partial charge in [0.05, 0.1) is 10.6 Å². The van der Waals surface area contributed by atoms with Crippen LogP contribution in [-0.2, 0) is 0 Å². The molecule has 57 heavy (non-hydrogen) atoms. The average Bonchev–Trinajstić information content (AvgIpc) is 3.99. The van der Waals surface area contributed by atoms with Crippen molar-refractivity contribution in [1.82, 2.24) is 15.0 Å². The normalized spacial score (nSPS) is 12.0. The van der Waals surface area contributed by atoms with Gasteiger partial charge in [-0.15, -0.1) is 22.7 Å². The molecule has 0 fully saturated rings. The molecule has 0 atom stereocenters. The van der Waals surface area contributed by atoms with Gasteiger partial charge in [-0.1, -0.05) is 109 Å². The van der Waals surface area contributed by atoms with Crippen molar-refractivity contribution in [2.24, 2.45) is 4.99 Å². The van der Waals surface area contributed by atoms with Gasteiger partial charge in [-0.2, -0.15) is 0 Å². The van der Waals surface area contributed by atoms with E-state index in [-0.39, 0.29) is 5.84 Å². The highest BCUT2D eigenvalue weighted by Crippen LogP contribution is 2.39. The van der Waals surface area contributed by atoms with Gasteiger partial charge in [0.15, 0.2) is 23.3 Å². The number of hydrogen-bond acceptors (Lipinski definition) is 7. The smallest absolute Gasteiger partial charge is 0.164 e. The Hall–Kier alpha value is -7.13. The predicted molar refractivity (Wildman–Crippen MR) is 237 cm³/mol. The van der Waals surface area contributed by atoms with E-state index in [4.69, 9.17) is 24.4 Å². The molecule has 0 spiro atoms. The molecule has 6 nitrogen and oxygen atoms in total. The van der Waals surface area contributed by atoms with Crippen LogP contribution in [0.2, 0.25) is 0 Å². The summed E-state index contributed by atoms with van der Waals surface area (Å²) in [5.41, 5.74) is 6.82. The van der Waals surface area contributed by atoms with E-state index in [1.54, 1.807) is 22.7 Å². The van der Waals surface area contributed by atoms with E-state index in [9.17, 15) is 5.41 Å². The molecule has 0 aliphatic heterocycles. The standard InChI is InChI=1S/C49H29N5OS2/c50-46(51-45(29-12-3-1-4-13-29)43-28-31-16-7-10-20-40(31)56-43)35-18-11-21-42-44(35)37-27-33(23-25-41(37)57-42)49-53-47(30-14-5-2-6-15-30)52-48(54-49)32-22-24-39-36(26-32)34-17-8-9-19-38(34)55-39/h1-28,50H. The number of thiophene rings is 2. The molecule has 0 unspecified atom stereocenters. The molecule has 0 saturated heterocycles. The zero-order valence-electron chi connectivity index (χ0n) is 30.2. The molecule has 0 radical (unpaired) electrons. The number of hydrogen-bond donors (Lipinski definition) is 1. The lowest BCUT2D eigenvalue weighted by Gasteiger charge is -2.09. The third-order valence-electron chi connectivity index (χ3n) is 10.2. The Morgan fingerprint density at radius 1 is 0.491 bits per heavy atom. The van der Waals surface area contributed by atoms with Crippen LogP contribution in [0.3, 0.4) is 0 Å². The molecule has 0 saturated carbocycles. The Bertz CT molecular complexity index is 3350. The van der Waals surface area contributed by atoms with Crippen LogP contribution >= 0.6 is 22.7 Å². The molecule has 1 N–H and O–H groups in total. The molecular weight excluding hydrogens is 739 g/mol. The molecule has 268 valence electrons. The first-order valence-corrected chi connectivity index (χ1v) is 20.2. The average molecular weight is 768 g/mol. The van der Waals surface area contributed by atoms with E-state index in [0.717, 1.165) is 80.5 Å². The molecule has 0 aliphatic rings. The van der Waals surface area contributed by atoms with E-state index in [1.807, 2.05) is 91.0 Å². The minimum atomic E-state index is 0.206. The lowest BCUT2D eigenvalue weighted by molar-refractivity contribution is 0.669. The maximum absolute atomic E-state index is 9.53. The maximum Gasteiger partial charge on any atom is 0.164 e. The van der Waals surface area contributed by atoms with Crippen LogP contribution < -0.4 is 0 Å². The second-order valence-electron chi connectivity index (χ2n) is 13.8. The van der Waals surface area contributed by atoms with Gasteiger partial charge in [0.25, 0.3) is 0 Å². The highest BCUT2D eigenvalue weighted by atomic mass is 32.1. The quantitative estimate of drug-likeness (QED) is 0.135. The van der Waals surface area contributed by atoms with Gasteiger partial charge in [0.1, 0.15) is 11.2 Å². The summed E-state index contributed by atoms with van der Waals surface area (Å²) in [6.45, 7) is 0. The monoisotopic (exact) mass is 767 g/mol. The molecule has 11 rings (SSSR count). The lowest BCUT2D eigenvalue weighted by Crippen LogP contribution is -2.06. The van der Waals surface area contributed by atoms with E-state index in [0.29, 0.717) is 17.5 Å². The largest absolute Gasteiger partial charge is 0.456 e. The van der Waals surface area contributed by atoms with E-state index >= 15 is 0 Å². The fourth-order valence-corrected chi connectivity index (χ4v) is 9.69. The fraction of sp³-hybridized carbons (Fsp3) is 0. The summed E-state index contributed by atoms with van der Waals surface area (Å²) in [5, 5.41) is 14.8. The van der Waals surface area contributed by atoms with Crippen molar-refractivity contribution in [2.75, 3.05) is 0 Å². The van der Waals surface area contributed by atoms with Gasteiger partial charge in [-0.25, -0.2) is 19.9 Å². The van der Waals surface area contributed by atoms with Crippen LogP contribution in [0.4, 0.5) is 0 Å². The first kappa shape index (κ1) is 33.2. The number of benzene rings is 7. The Kier molecular flexibility index (Phi) is 7.91. The van der Waals surface area contributed by atoms with Crippen LogP contribution in [0.5, 0.6) is 0 Å². The number of amidine groups is 1.